The van der Waals surface area contributed by atoms with Crippen molar-refractivity contribution in [3.05, 3.63) is 185 Å². The molecule has 124 heavy (non-hydrogen) atoms. The number of rotatable bonds is 18. The van der Waals surface area contributed by atoms with Crippen LogP contribution in [0.25, 0.3) is 16.9 Å². The Labute approximate surface area is 732 Å². The first-order chi connectivity index (χ1) is 57.3. The molecule has 7 aromatic heterocycles. The van der Waals surface area contributed by atoms with Gasteiger partial charge in [0.1, 0.15) is 52.3 Å². The van der Waals surface area contributed by atoms with Gasteiger partial charge in [-0.3, -0.25) is 37.6 Å². The van der Waals surface area contributed by atoms with Gasteiger partial charge in [0.05, 0.1) is 108 Å². The Hall–Kier alpha value is -10.4. The number of nitrogens with two attached hydrogens (primary N) is 2. The van der Waals surface area contributed by atoms with Crippen molar-refractivity contribution in [1.29, 1.82) is 0 Å². The first-order valence-corrected chi connectivity index (χ1v) is 41.8. The number of Topliss-reactive ketones (excluding diaryl/α,β-unsaturated/α-hetero) is 1. The van der Waals surface area contributed by atoms with Crippen LogP contribution in [0.2, 0.25) is 20.1 Å². The van der Waals surface area contributed by atoms with E-state index in [2.05, 4.69) is 51.9 Å². The standard InChI is InChI=1S/C23H23ClF4N6O4S.C13H15ClN2O2.C12H14F4N4O3S.C11H11ClN2O2.C7H12O3.C6H7ClN2.C5H10O.2CH4/c1-4-17-20(32-12-15(24)13(2)9-19(32)30-17)21(35)29-11-14-5-6-18(16(25)10-14)33-7-8-34(22(31-33)38-3)39(36,37)23(26,27)28;1-4-10-12(13(17)18-5-2)16-7-9(14)8(3)6-11(16)15-10;1-23-11-18-19(10-3-2-8(7-17)6-9(10)13)4-5-20(11)24(21,22)12(14,15)16;1-3-8-10(11(15)16)14-5-7(12)6(2)4-9(14)13-8;1-3-6(8)5-7(9)10-4-2;1-4-2-6(8)9-3-5(4)7;1-5-3-2-4-6-5;;/h5-6,9-10,12H,4,7-8,11H2,1-3H3,(H,29,35);6-7H,4-5H2,1-3H3;2-3,6H,4-5,7,17H2,1H3;4-5H,3H2,1-2H3,(H,15,16);3-5H2,1-2H3;2-3H,1H3,(H2,8,9);5H,2-4H2,1H3;2*1H4. The van der Waals surface area contributed by atoms with Crippen LogP contribution in [-0.2, 0) is 85.7 Å². The average Bonchev–Trinajstić information content (AvgIpc) is 1.52. The fourth-order valence-corrected chi connectivity index (χ4v) is 13.7. The van der Waals surface area contributed by atoms with Gasteiger partial charge in [-0.05, 0) is 162 Å². The summed E-state index contributed by atoms with van der Waals surface area (Å²) in [5, 5.41) is 23.5. The molecule has 0 aliphatic carbocycles. The van der Waals surface area contributed by atoms with E-state index in [1.165, 1.54) is 41.5 Å². The third-order valence-corrected chi connectivity index (χ3v) is 22.3. The van der Waals surface area contributed by atoms with Gasteiger partial charge in [-0.25, -0.2) is 46.9 Å². The second-order valence-corrected chi connectivity index (χ2v) is 31.7. The van der Waals surface area contributed by atoms with Crippen LogP contribution in [0, 0.1) is 39.3 Å². The summed E-state index contributed by atoms with van der Waals surface area (Å²) in [5.41, 5.74) is 8.78. The molecule has 3 aliphatic rings. The second kappa shape index (κ2) is 47.1. The molecule has 2 aromatic carbocycles. The summed E-state index contributed by atoms with van der Waals surface area (Å²) in [6.45, 7) is 20.3. The largest absolute Gasteiger partial charge is 0.516 e. The number of hydrogen-bond acceptors (Lipinski definition) is 24. The number of nitrogens with zero attached hydrogens (tertiary/aromatic N) is 13. The number of nitrogen functional groups attached to an aromatic ring is 1. The molecule has 1 fully saturated rings. The van der Waals surface area contributed by atoms with E-state index >= 15 is 0 Å². The molecular weight excluding hydrogens is 1770 g/mol. The number of ketones is 1. The number of fused-ring (bicyclic) bond motifs is 3. The number of hydrazone groups is 2. The molecule has 682 valence electrons. The number of aromatic carboxylic acids is 1. The smallest absolute Gasteiger partial charge is 0.477 e. The number of pyridine rings is 4. The van der Waals surface area contributed by atoms with Crippen molar-refractivity contribution in [3.8, 4) is 0 Å². The molecule has 0 radical (unpaired) electrons. The number of aryl methyl sites for hydroxylation is 7. The van der Waals surface area contributed by atoms with Crippen molar-refractivity contribution in [1.82, 2.24) is 47.1 Å². The highest BCUT2D eigenvalue weighted by atomic mass is 35.5. The van der Waals surface area contributed by atoms with Crippen LogP contribution in [-0.4, -0.2) is 183 Å². The van der Waals surface area contributed by atoms with E-state index in [4.69, 9.17) is 77.2 Å². The lowest BCUT2D eigenvalue weighted by molar-refractivity contribution is -0.145. The van der Waals surface area contributed by atoms with Gasteiger partial charge in [0, 0.05) is 50.9 Å². The number of nitrogens with one attached hydrogen (secondary N) is 1. The van der Waals surface area contributed by atoms with E-state index in [0.717, 1.165) is 76.6 Å². The minimum absolute atomic E-state index is 0. The number of carbonyl (C=O) groups is 5. The molecule has 6 N–H and O–H groups in total. The Morgan fingerprint density at radius 2 is 1.01 bits per heavy atom. The van der Waals surface area contributed by atoms with E-state index in [1.807, 2.05) is 54.5 Å². The fourth-order valence-electron chi connectivity index (χ4n) is 11.4. The van der Waals surface area contributed by atoms with Gasteiger partial charge in [0.15, 0.2) is 11.4 Å². The number of carboxylic acids is 1. The summed E-state index contributed by atoms with van der Waals surface area (Å²) in [7, 11) is -9.47. The highest BCUT2D eigenvalue weighted by molar-refractivity contribution is 7.90. The van der Waals surface area contributed by atoms with Crippen molar-refractivity contribution in [3.63, 3.8) is 0 Å². The molecule has 9 aromatic rings. The summed E-state index contributed by atoms with van der Waals surface area (Å²) >= 11 is 24.0. The molecule has 1 atom stereocenters. The molecule has 31 nitrogen and oxygen atoms in total. The number of carboxylic acid groups (broad SMARTS) is 1. The van der Waals surface area contributed by atoms with Crippen molar-refractivity contribution < 1.29 is 105 Å². The molecular formula is C79H100Cl4F8N16O15S2. The minimum Gasteiger partial charge on any atom is -0.477 e. The Kier molecular flexibility index (Phi) is 40.2. The molecule has 10 heterocycles. The Morgan fingerprint density at radius 1 is 0.597 bits per heavy atom. The van der Waals surface area contributed by atoms with E-state index in [0.29, 0.717) is 116 Å². The normalized spacial score (nSPS) is 13.8. The van der Waals surface area contributed by atoms with Gasteiger partial charge in [-0.15, -0.1) is 10.2 Å². The fraction of sp³-hybridized carbons (Fsp3) is 0.430. The van der Waals surface area contributed by atoms with Gasteiger partial charge in [0.2, 0.25) is 0 Å². The highest BCUT2D eigenvalue weighted by Crippen LogP contribution is 2.34. The predicted molar refractivity (Wildman–Crippen MR) is 458 cm³/mol. The molecule has 45 heteroatoms. The van der Waals surface area contributed by atoms with Crippen LogP contribution >= 0.6 is 46.4 Å². The number of ether oxygens (including phenoxy) is 5. The number of aromatic nitrogens is 7. The average molecular weight is 1870 g/mol. The first kappa shape index (κ1) is 106. The van der Waals surface area contributed by atoms with E-state index in [1.54, 1.807) is 72.6 Å². The topological polar surface area (TPSA) is 387 Å². The number of halogens is 12. The van der Waals surface area contributed by atoms with Crippen LogP contribution < -0.4 is 26.8 Å². The molecule has 0 bridgehead atoms. The van der Waals surface area contributed by atoms with Gasteiger partial charge < -0.3 is 45.6 Å². The molecule has 1 saturated heterocycles. The van der Waals surface area contributed by atoms with Crippen LogP contribution in [0.15, 0.2) is 95.7 Å². The van der Waals surface area contributed by atoms with Crippen LogP contribution in [0.4, 0.5) is 52.3 Å². The lowest BCUT2D eigenvalue weighted by atomic mass is 10.1. The van der Waals surface area contributed by atoms with E-state index in [-0.39, 0.29) is 84.9 Å². The summed E-state index contributed by atoms with van der Waals surface area (Å²) in [4.78, 5) is 74.3. The summed E-state index contributed by atoms with van der Waals surface area (Å²) in [6, 6.07) is 13.5. The number of amidine groups is 2. The maximum Gasteiger partial charge on any atom is 0.516 e. The number of anilines is 3. The first-order valence-electron chi connectivity index (χ1n) is 37.4. The van der Waals surface area contributed by atoms with Gasteiger partial charge in [0.25, 0.3) is 5.91 Å². The predicted octanol–water partition coefficient (Wildman–Crippen LogP) is 15.6. The molecule has 0 saturated carbocycles. The third-order valence-electron chi connectivity index (χ3n) is 17.8. The molecule has 1 amide bonds. The number of amides is 1. The van der Waals surface area contributed by atoms with Crippen molar-refractivity contribution in [2.75, 3.05) is 76.0 Å². The van der Waals surface area contributed by atoms with Crippen molar-refractivity contribution in [2.24, 2.45) is 15.9 Å². The van der Waals surface area contributed by atoms with Crippen molar-refractivity contribution >= 4 is 142 Å². The number of carbonyl (C=O) groups excluding carboxylic acids is 4. The lowest BCUT2D eigenvalue weighted by Crippen LogP contribution is -2.51. The Morgan fingerprint density at radius 3 is 1.36 bits per heavy atom. The number of esters is 2. The molecule has 1 unspecified atom stereocenters. The zero-order valence-corrected chi connectivity index (χ0v) is 73.1. The van der Waals surface area contributed by atoms with Gasteiger partial charge in [-0.2, -0.15) is 43.2 Å². The number of methoxy groups -OCH3 is 2. The van der Waals surface area contributed by atoms with Gasteiger partial charge >= 0.3 is 61.0 Å². The zero-order valence-electron chi connectivity index (χ0n) is 68.5. The van der Waals surface area contributed by atoms with Crippen LogP contribution in [0.5, 0.6) is 0 Å². The summed E-state index contributed by atoms with van der Waals surface area (Å²) in [5.74, 6) is -3.25. The molecule has 3 aliphatic heterocycles. The monoisotopic (exact) mass is 1870 g/mol. The maximum atomic E-state index is 15.0. The highest BCUT2D eigenvalue weighted by Gasteiger charge is 2.54. The Bertz CT molecular complexity index is 5540. The number of alkyl halides is 6. The zero-order chi connectivity index (χ0) is 91.2. The van der Waals surface area contributed by atoms with E-state index in [9.17, 15) is 75.9 Å². The van der Waals surface area contributed by atoms with Crippen LogP contribution in [0.1, 0.15) is 171 Å². The SMILES string of the molecule is C.C.CC1CCCO1.CCOC(=O)CC(=O)CC.CCOC(=O)c1c(CC)nc2cc(C)c(Cl)cn12.CCc1nc2cc(C)c(Cl)cn2c1C(=O)NCc1ccc(N2CCN(S(=O)(=O)C(F)(F)F)C(OC)=N2)c(F)c1.CCc1nc2cc(C)c(Cl)cn2c1C(=O)O.COC1=NN(c2ccc(CN)cc2F)CCN1S(=O)(=O)C(F)(F)F.Cc1cc(N)ncc1Cl. The second-order valence-electron chi connectivity index (χ2n) is 26.4. The van der Waals surface area contributed by atoms with Crippen molar-refractivity contribution in [2.45, 2.75) is 166 Å². The quantitative estimate of drug-likeness (QED) is 0.0352. The van der Waals surface area contributed by atoms with E-state index < -0.39 is 85.7 Å². The maximum absolute atomic E-state index is 15.0. The van der Waals surface area contributed by atoms with Crippen LogP contribution in [0.3, 0.4) is 0 Å². The van der Waals surface area contributed by atoms with Gasteiger partial charge in [-0.1, -0.05) is 101 Å². The Balaban J connectivity index is 0.000000327. The third kappa shape index (κ3) is 27.0. The number of imidazole rings is 3. The molecule has 0 spiro atoms. The summed E-state index contributed by atoms with van der Waals surface area (Å²) in [6.07, 6.45) is 11.6. The number of benzene rings is 2. The number of hydrogen-bond donors (Lipinski definition) is 4. The molecule has 12 rings (SSSR count). The summed E-state index contributed by atoms with van der Waals surface area (Å²) < 4.78 is 181. The lowest BCUT2D eigenvalue weighted by Gasteiger charge is -2.32. The minimum atomic E-state index is -5.74. The number of sulfonamides is 2.